The molecule has 1 fully saturated rings. The van der Waals surface area contributed by atoms with Crippen molar-refractivity contribution in [3.05, 3.63) is 59.7 Å². The summed E-state index contributed by atoms with van der Waals surface area (Å²) in [4.78, 5) is 4.77. The Morgan fingerprint density at radius 1 is 0.933 bits per heavy atom. The third kappa shape index (κ3) is 5.73. The molecule has 2 aliphatic rings. The zero-order valence-corrected chi connectivity index (χ0v) is 17.7. The molecule has 0 aromatic heterocycles. The molecule has 1 N–H and O–H groups in total. The normalized spacial score (nSPS) is 19.0. The van der Waals surface area contributed by atoms with Gasteiger partial charge in [-0.25, -0.2) is 0 Å². The summed E-state index contributed by atoms with van der Waals surface area (Å²) in [6, 6.07) is 16.5. The summed E-state index contributed by atoms with van der Waals surface area (Å²) in [5.41, 5.74) is 2.51. The van der Waals surface area contributed by atoms with Gasteiger partial charge >= 0.3 is 0 Å². The first-order valence-electron chi connectivity index (χ1n) is 10.8. The zero-order chi connectivity index (χ0) is 20.8. The van der Waals surface area contributed by atoms with E-state index >= 15 is 0 Å². The van der Waals surface area contributed by atoms with Gasteiger partial charge in [0.2, 0.25) is 6.79 Å². The predicted octanol–water partition coefficient (Wildman–Crippen LogP) is 2.71. The second-order valence-electron chi connectivity index (χ2n) is 8.27. The zero-order valence-electron chi connectivity index (χ0n) is 17.7. The SMILES string of the molecule is C[C@H](COC[C@H](O)CN1CCN(Cc2ccc3c(c2)OCO3)CC1)c1ccccc1. The molecule has 6 heteroatoms. The predicted molar refractivity (Wildman–Crippen MR) is 116 cm³/mol. The molecule has 4 rings (SSSR count). The van der Waals surface area contributed by atoms with Crippen molar-refractivity contribution in [2.75, 3.05) is 52.7 Å². The highest BCUT2D eigenvalue weighted by Gasteiger charge is 2.21. The van der Waals surface area contributed by atoms with E-state index < -0.39 is 6.10 Å². The van der Waals surface area contributed by atoms with Crippen LogP contribution >= 0.6 is 0 Å². The number of aliphatic hydroxyl groups is 1. The van der Waals surface area contributed by atoms with Crippen molar-refractivity contribution < 1.29 is 19.3 Å². The summed E-state index contributed by atoms with van der Waals surface area (Å²) >= 11 is 0. The van der Waals surface area contributed by atoms with Crippen LogP contribution in [0.3, 0.4) is 0 Å². The van der Waals surface area contributed by atoms with Crippen molar-refractivity contribution in [2.45, 2.75) is 25.5 Å². The van der Waals surface area contributed by atoms with Crippen molar-refractivity contribution >= 4 is 0 Å². The number of aliphatic hydroxyl groups excluding tert-OH is 1. The molecule has 0 bridgehead atoms. The molecule has 0 unspecified atom stereocenters. The first-order valence-corrected chi connectivity index (χ1v) is 10.8. The number of hydrogen-bond acceptors (Lipinski definition) is 6. The average molecular weight is 413 g/mol. The van der Waals surface area contributed by atoms with Gasteiger partial charge in [0.05, 0.1) is 19.3 Å². The Morgan fingerprint density at radius 3 is 2.47 bits per heavy atom. The molecule has 2 aliphatic heterocycles. The van der Waals surface area contributed by atoms with Crippen LogP contribution in [-0.4, -0.2) is 73.7 Å². The lowest BCUT2D eigenvalue weighted by Crippen LogP contribution is -2.48. The molecule has 2 aromatic carbocycles. The minimum absolute atomic E-state index is 0.314. The van der Waals surface area contributed by atoms with Crippen molar-refractivity contribution in [2.24, 2.45) is 0 Å². The Balaban J connectivity index is 1.13. The minimum Gasteiger partial charge on any atom is -0.454 e. The fourth-order valence-corrected chi connectivity index (χ4v) is 4.04. The van der Waals surface area contributed by atoms with Gasteiger partial charge in [0, 0.05) is 45.2 Å². The molecule has 1 saturated heterocycles. The second kappa shape index (κ2) is 10.3. The van der Waals surface area contributed by atoms with E-state index in [0.717, 1.165) is 44.2 Å². The number of benzene rings is 2. The third-order valence-corrected chi connectivity index (χ3v) is 5.82. The molecule has 0 aliphatic carbocycles. The van der Waals surface area contributed by atoms with E-state index in [2.05, 4.69) is 41.0 Å². The number of ether oxygens (including phenoxy) is 3. The number of rotatable bonds is 9. The van der Waals surface area contributed by atoms with E-state index in [1.54, 1.807) is 0 Å². The molecule has 2 aromatic rings. The smallest absolute Gasteiger partial charge is 0.231 e. The van der Waals surface area contributed by atoms with Gasteiger partial charge in [0.1, 0.15) is 0 Å². The highest BCUT2D eigenvalue weighted by molar-refractivity contribution is 5.44. The fraction of sp³-hybridized carbons (Fsp3) is 0.500. The monoisotopic (exact) mass is 412 g/mol. The van der Waals surface area contributed by atoms with Crippen LogP contribution in [0.1, 0.15) is 24.0 Å². The van der Waals surface area contributed by atoms with Crippen LogP contribution in [0.5, 0.6) is 11.5 Å². The van der Waals surface area contributed by atoms with Crippen LogP contribution in [0.2, 0.25) is 0 Å². The molecule has 2 heterocycles. The summed E-state index contributed by atoms with van der Waals surface area (Å²) in [5, 5.41) is 10.4. The van der Waals surface area contributed by atoms with Crippen LogP contribution in [0.4, 0.5) is 0 Å². The van der Waals surface area contributed by atoms with Gasteiger partial charge in [-0.05, 0) is 23.3 Å². The van der Waals surface area contributed by atoms with E-state index in [9.17, 15) is 5.11 Å². The molecular weight excluding hydrogens is 380 g/mol. The minimum atomic E-state index is -0.451. The Bertz CT molecular complexity index is 793. The molecule has 0 radical (unpaired) electrons. The van der Waals surface area contributed by atoms with Crippen LogP contribution in [0.15, 0.2) is 48.5 Å². The van der Waals surface area contributed by atoms with Crippen molar-refractivity contribution in [3.63, 3.8) is 0 Å². The average Bonchev–Trinajstić information content (AvgIpc) is 3.23. The topological polar surface area (TPSA) is 54.4 Å². The van der Waals surface area contributed by atoms with Crippen molar-refractivity contribution in [1.82, 2.24) is 9.80 Å². The lowest BCUT2D eigenvalue weighted by atomic mass is 10.0. The van der Waals surface area contributed by atoms with Gasteiger partial charge in [-0.2, -0.15) is 0 Å². The Hall–Kier alpha value is -2.12. The van der Waals surface area contributed by atoms with Crippen molar-refractivity contribution in [3.8, 4) is 11.5 Å². The second-order valence-corrected chi connectivity index (χ2v) is 8.27. The number of hydrogen-bond donors (Lipinski definition) is 1. The molecule has 0 spiro atoms. The molecular formula is C24H32N2O4. The molecule has 162 valence electrons. The van der Waals surface area contributed by atoms with Gasteiger partial charge in [-0.1, -0.05) is 43.3 Å². The van der Waals surface area contributed by atoms with Gasteiger partial charge in [0.15, 0.2) is 11.5 Å². The van der Waals surface area contributed by atoms with Gasteiger partial charge in [0.25, 0.3) is 0 Å². The van der Waals surface area contributed by atoms with Crippen molar-refractivity contribution in [1.29, 1.82) is 0 Å². The number of nitrogens with zero attached hydrogens (tertiary/aromatic N) is 2. The van der Waals surface area contributed by atoms with E-state index in [1.165, 1.54) is 11.1 Å². The summed E-state index contributed by atoms with van der Waals surface area (Å²) < 4.78 is 16.6. The summed E-state index contributed by atoms with van der Waals surface area (Å²) in [5.74, 6) is 2.01. The lowest BCUT2D eigenvalue weighted by Gasteiger charge is -2.35. The molecule has 30 heavy (non-hydrogen) atoms. The Labute approximate surface area is 179 Å². The summed E-state index contributed by atoms with van der Waals surface area (Å²) in [7, 11) is 0. The fourth-order valence-electron chi connectivity index (χ4n) is 4.04. The molecule has 2 atom stereocenters. The standard InChI is InChI=1S/C24H32N2O4/c1-19(21-5-3-2-4-6-21)16-28-17-22(27)15-26-11-9-25(10-12-26)14-20-7-8-23-24(13-20)30-18-29-23/h2-8,13,19,22,27H,9-12,14-18H2,1H3/t19-,22-/m1/s1. The van der Waals surface area contributed by atoms with Gasteiger partial charge < -0.3 is 19.3 Å². The van der Waals surface area contributed by atoms with E-state index in [1.807, 2.05) is 24.3 Å². The first-order chi connectivity index (χ1) is 14.7. The number of β-amino-alcohol motifs (C(OH)–C–C–N with tert-alkyl or cyclic N) is 1. The van der Waals surface area contributed by atoms with Crippen LogP contribution < -0.4 is 9.47 Å². The highest BCUT2D eigenvalue weighted by atomic mass is 16.7. The van der Waals surface area contributed by atoms with Crippen LogP contribution in [0.25, 0.3) is 0 Å². The van der Waals surface area contributed by atoms with E-state index in [0.29, 0.717) is 32.5 Å². The van der Waals surface area contributed by atoms with Gasteiger partial charge in [-0.15, -0.1) is 0 Å². The van der Waals surface area contributed by atoms with Crippen LogP contribution in [0, 0.1) is 0 Å². The summed E-state index contributed by atoms with van der Waals surface area (Å²) in [6.45, 7) is 8.96. The van der Waals surface area contributed by atoms with Crippen LogP contribution in [-0.2, 0) is 11.3 Å². The highest BCUT2D eigenvalue weighted by Crippen LogP contribution is 2.32. The maximum absolute atomic E-state index is 10.4. The third-order valence-electron chi connectivity index (χ3n) is 5.82. The summed E-state index contributed by atoms with van der Waals surface area (Å²) in [6.07, 6.45) is -0.451. The largest absolute Gasteiger partial charge is 0.454 e. The molecule has 0 amide bonds. The Morgan fingerprint density at radius 2 is 1.67 bits per heavy atom. The molecule has 0 saturated carbocycles. The van der Waals surface area contributed by atoms with Gasteiger partial charge in [-0.3, -0.25) is 9.80 Å². The first kappa shape index (κ1) is 21.1. The number of fused-ring (bicyclic) bond motifs is 1. The maximum Gasteiger partial charge on any atom is 0.231 e. The van der Waals surface area contributed by atoms with E-state index in [4.69, 9.17) is 14.2 Å². The number of piperazine rings is 1. The molecule has 6 nitrogen and oxygen atoms in total. The van der Waals surface area contributed by atoms with E-state index in [-0.39, 0.29) is 0 Å². The maximum atomic E-state index is 10.4. The Kier molecular flexibility index (Phi) is 7.23. The lowest BCUT2D eigenvalue weighted by molar-refractivity contribution is 0.00364. The quantitative estimate of drug-likeness (QED) is 0.684.